The number of hydrogen-bond donors (Lipinski definition) is 0. The van der Waals surface area contributed by atoms with Crippen molar-refractivity contribution in [1.82, 2.24) is 24.5 Å². The Morgan fingerprint density at radius 3 is 1.52 bits per heavy atom. The van der Waals surface area contributed by atoms with E-state index in [4.69, 9.17) is 19.9 Å². The number of aromatic nitrogens is 5. The summed E-state index contributed by atoms with van der Waals surface area (Å²) >= 11 is 0. The average Bonchev–Trinajstić information content (AvgIpc) is 3.85. The fourth-order valence-corrected chi connectivity index (χ4v) is 8.40. The molecule has 0 fully saturated rings. The van der Waals surface area contributed by atoms with E-state index in [1.54, 1.807) is 0 Å². The van der Waals surface area contributed by atoms with E-state index < -0.39 is 5.41 Å². The molecular formula is C47H29N5. The molecule has 5 heteroatoms. The standard InChI is InChI=1S/C47H29N5/c1-3-14-30(15-4-1)43-49-44(31-16-5-2-6-17-31)51-45(50-43)34-19-13-18-32(28-34)33-26-27-42-40(29-33)48-46-47(39-24-11-12-25-41(39)52(42)46)37-22-9-7-20-35(37)36-21-8-10-23-38(36)47/h1-29H. The van der Waals surface area contributed by atoms with Gasteiger partial charge in [-0.25, -0.2) is 19.9 Å². The van der Waals surface area contributed by atoms with Gasteiger partial charge in [0.25, 0.3) is 0 Å². The summed E-state index contributed by atoms with van der Waals surface area (Å²) in [4.78, 5) is 20.4. The fraction of sp³-hybridized carbons (Fsp3) is 0.0213. The minimum Gasteiger partial charge on any atom is -0.295 e. The lowest BCUT2D eigenvalue weighted by Crippen LogP contribution is -2.27. The zero-order valence-electron chi connectivity index (χ0n) is 28.0. The predicted octanol–water partition coefficient (Wildman–Crippen LogP) is 10.6. The summed E-state index contributed by atoms with van der Waals surface area (Å²) in [5, 5.41) is 0. The molecular weight excluding hydrogens is 635 g/mol. The van der Waals surface area contributed by atoms with Gasteiger partial charge in [-0.05, 0) is 63.2 Å². The van der Waals surface area contributed by atoms with Gasteiger partial charge >= 0.3 is 0 Å². The minimum atomic E-state index is -0.492. The topological polar surface area (TPSA) is 56.5 Å². The molecule has 2 aliphatic rings. The maximum Gasteiger partial charge on any atom is 0.164 e. The van der Waals surface area contributed by atoms with E-state index in [1.165, 1.54) is 33.5 Å². The number of hydrogen-bond acceptors (Lipinski definition) is 4. The quantitative estimate of drug-likeness (QED) is 0.188. The van der Waals surface area contributed by atoms with Crippen molar-refractivity contribution in [2.45, 2.75) is 5.41 Å². The highest BCUT2D eigenvalue weighted by Gasteiger charge is 2.54. The van der Waals surface area contributed by atoms with E-state index in [2.05, 4.69) is 120 Å². The first-order valence-corrected chi connectivity index (χ1v) is 17.6. The second kappa shape index (κ2) is 11.0. The van der Waals surface area contributed by atoms with Crippen LogP contribution < -0.4 is 0 Å². The molecule has 2 aromatic heterocycles. The smallest absolute Gasteiger partial charge is 0.164 e. The molecule has 1 spiro atoms. The predicted molar refractivity (Wildman–Crippen MR) is 207 cm³/mol. The van der Waals surface area contributed by atoms with Gasteiger partial charge in [-0.3, -0.25) is 4.57 Å². The number of nitrogens with zero attached hydrogens (tertiary/aromatic N) is 5. The van der Waals surface area contributed by atoms with Crippen molar-refractivity contribution in [2.75, 3.05) is 0 Å². The number of fused-ring (bicyclic) bond motifs is 12. The Kier molecular flexibility index (Phi) is 6.10. The average molecular weight is 664 g/mol. The molecule has 0 saturated carbocycles. The van der Waals surface area contributed by atoms with Crippen molar-refractivity contribution in [3.8, 4) is 62.1 Å². The van der Waals surface area contributed by atoms with E-state index in [9.17, 15) is 0 Å². The van der Waals surface area contributed by atoms with E-state index in [0.29, 0.717) is 17.5 Å². The summed E-state index contributed by atoms with van der Waals surface area (Å²) < 4.78 is 2.38. The molecule has 11 rings (SSSR count). The molecule has 9 aromatic rings. The second-order valence-electron chi connectivity index (χ2n) is 13.5. The largest absolute Gasteiger partial charge is 0.295 e. The Labute approximate surface area is 300 Å². The Morgan fingerprint density at radius 1 is 0.365 bits per heavy atom. The first kappa shape index (κ1) is 28.8. The van der Waals surface area contributed by atoms with Crippen LogP contribution in [-0.2, 0) is 5.41 Å². The summed E-state index contributed by atoms with van der Waals surface area (Å²) in [6.07, 6.45) is 0. The molecule has 0 amide bonds. The molecule has 5 nitrogen and oxygen atoms in total. The summed E-state index contributed by atoms with van der Waals surface area (Å²) in [5.74, 6) is 2.97. The number of imidazole rings is 1. The maximum atomic E-state index is 5.53. The van der Waals surface area contributed by atoms with Gasteiger partial charge in [0, 0.05) is 16.7 Å². The van der Waals surface area contributed by atoms with Crippen LogP contribution in [0.3, 0.4) is 0 Å². The maximum absolute atomic E-state index is 5.53. The molecule has 7 aromatic carbocycles. The van der Waals surface area contributed by atoms with Gasteiger partial charge in [0.1, 0.15) is 11.2 Å². The van der Waals surface area contributed by atoms with Gasteiger partial charge in [-0.1, -0.05) is 152 Å². The van der Waals surface area contributed by atoms with E-state index in [0.717, 1.165) is 44.7 Å². The SMILES string of the molecule is c1ccc(-c2nc(-c3ccccc3)nc(-c3cccc(-c4ccc5c(c4)nc4n5-c5ccccc5C45c4ccccc4-c4ccccc45)c3)n2)cc1. The highest BCUT2D eigenvalue weighted by Crippen LogP contribution is 2.60. The lowest BCUT2D eigenvalue weighted by atomic mass is 9.73. The van der Waals surface area contributed by atoms with Crippen LogP contribution in [0.1, 0.15) is 22.5 Å². The minimum absolute atomic E-state index is 0.492. The zero-order chi connectivity index (χ0) is 34.2. The number of benzene rings is 7. The van der Waals surface area contributed by atoms with Crippen molar-refractivity contribution >= 4 is 11.0 Å². The third-order valence-electron chi connectivity index (χ3n) is 10.6. The van der Waals surface area contributed by atoms with Crippen molar-refractivity contribution in [3.05, 3.63) is 198 Å². The van der Waals surface area contributed by atoms with Crippen LogP contribution in [0, 0.1) is 0 Å². The fourth-order valence-electron chi connectivity index (χ4n) is 8.40. The number of rotatable bonds is 4. The van der Waals surface area contributed by atoms with Gasteiger partial charge in [0.05, 0.1) is 16.7 Å². The van der Waals surface area contributed by atoms with Gasteiger partial charge in [0.2, 0.25) is 0 Å². The molecule has 0 unspecified atom stereocenters. The Hall–Kier alpha value is -6.98. The highest BCUT2D eigenvalue weighted by atomic mass is 15.1. The van der Waals surface area contributed by atoms with Crippen molar-refractivity contribution in [2.24, 2.45) is 0 Å². The zero-order valence-corrected chi connectivity index (χ0v) is 28.0. The van der Waals surface area contributed by atoms with Crippen LogP contribution in [0.2, 0.25) is 0 Å². The summed E-state index contributed by atoms with van der Waals surface area (Å²) in [6.45, 7) is 0. The third-order valence-corrected chi connectivity index (χ3v) is 10.6. The first-order valence-electron chi connectivity index (χ1n) is 17.6. The Balaban J connectivity index is 1.07. The van der Waals surface area contributed by atoms with Crippen LogP contribution in [0.25, 0.3) is 73.1 Å². The normalized spacial score (nSPS) is 13.2. The monoisotopic (exact) mass is 663 g/mol. The van der Waals surface area contributed by atoms with Crippen molar-refractivity contribution in [3.63, 3.8) is 0 Å². The molecule has 1 aliphatic heterocycles. The van der Waals surface area contributed by atoms with Crippen LogP contribution in [0.15, 0.2) is 176 Å². The van der Waals surface area contributed by atoms with Gasteiger partial charge < -0.3 is 0 Å². The molecule has 0 radical (unpaired) electrons. The summed E-state index contributed by atoms with van der Waals surface area (Å²) in [6, 6.07) is 61.8. The van der Waals surface area contributed by atoms with Crippen molar-refractivity contribution < 1.29 is 0 Å². The summed E-state index contributed by atoms with van der Waals surface area (Å²) in [5.41, 5.74) is 14.1. The van der Waals surface area contributed by atoms with Gasteiger partial charge in [-0.2, -0.15) is 0 Å². The Morgan fingerprint density at radius 2 is 0.865 bits per heavy atom. The van der Waals surface area contributed by atoms with E-state index in [1.807, 2.05) is 60.7 Å². The molecule has 52 heavy (non-hydrogen) atoms. The molecule has 0 atom stereocenters. The molecule has 3 heterocycles. The van der Waals surface area contributed by atoms with Gasteiger partial charge in [-0.15, -0.1) is 0 Å². The molecule has 1 aliphatic carbocycles. The molecule has 0 bridgehead atoms. The first-order chi connectivity index (χ1) is 25.8. The van der Waals surface area contributed by atoms with E-state index >= 15 is 0 Å². The lowest BCUT2D eigenvalue weighted by Gasteiger charge is -2.27. The summed E-state index contributed by atoms with van der Waals surface area (Å²) in [7, 11) is 0. The molecule has 242 valence electrons. The van der Waals surface area contributed by atoms with Crippen LogP contribution in [0.5, 0.6) is 0 Å². The lowest BCUT2D eigenvalue weighted by molar-refractivity contribution is 0.738. The van der Waals surface area contributed by atoms with Gasteiger partial charge in [0.15, 0.2) is 17.5 Å². The van der Waals surface area contributed by atoms with Crippen LogP contribution in [0.4, 0.5) is 0 Å². The molecule has 0 saturated heterocycles. The second-order valence-corrected chi connectivity index (χ2v) is 13.5. The van der Waals surface area contributed by atoms with Crippen molar-refractivity contribution in [1.29, 1.82) is 0 Å². The Bertz CT molecular complexity index is 2750. The van der Waals surface area contributed by atoms with Crippen LogP contribution >= 0.6 is 0 Å². The van der Waals surface area contributed by atoms with E-state index in [-0.39, 0.29) is 0 Å². The third kappa shape index (κ3) is 4.05. The molecule has 0 N–H and O–H groups in total. The highest BCUT2D eigenvalue weighted by molar-refractivity contribution is 5.92. The van der Waals surface area contributed by atoms with Crippen LogP contribution in [-0.4, -0.2) is 24.5 Å². The number of para-hydroxylation sites is 1.